The minimum atomic E-state index is -0.592. The van der Waals surface area contributed by atoms with E-state index in [9.17, 15) is 9.59 Å². The van der Waals surface area contributed by atoms with Crippen molar-refractivity contribution in [2.45, 2.75) is 32.9 Å². The molecule has 1 atom stereocenters. The lowest BCUT2D eigenvalue weighted by Crippen LogP contribution is -2.29. The van der Waals surface area contributed by atoms with Crippen LogP contribution in [-0.2, 0) is 6.54 Å². The van der Waals surface area contributed by atoms with E-state index in [-0.39, 0.29) is 17.1 Å². The molecule has 6 heteroatoms. The van der Waals surface area contributed by atoms with Crippen LogP contribution >= 0.6 is 0 Å². The summed E-state index contributed by atoms with van der Waals surface area (Å²) in [4.78, 5) is 29.1. The van der Waals surface area contributed by atoms with Gasteiger partial charge in [-0.1, -0.05) is 42.8 Å². The molecular formula is C29H27NO5. The number of nitrogens with zero attached hydrogens (tertiary/aromatic N) is 1. The average Bonchev–Trinajstić information content (AvgIpc) is 3.15. The highest BCUT2D eigenvalue weighted by atomic mass is 16.5. The maximum absolute atomic E-state index is 13.8. The molecule has 0 N–H and O–H groups in total. The number of rotatable bonds is 7. The monoisotopic (exact) mass is 469 g/mol. The van der Waals surface area contributed by atoms with Crippen LogP contribution in [0.25, 0.3) is 11.0 Å². The lowest BCUT2D eigenvalue weighted by molar-refractivity contribution is 0.0714. The van der Waals surface area contributed by atoms with Crippen LogP contribution in [0.3, 0.4) is 0 Å². The third-order valence-corrected chi connectivity index (χ3v) is 6.28. The Balaban J connectivity index is 1.66. The van der Waals surface area contributed by atoms with Crippen molar-refractivity contribution in [1.82, 2.24) is 4.90 Å². The van der Waals surface area contributed by atoms with Gasteiger partial charge in [-0.2, -0.15) is 0 Å². The summed E-state index contributed by atoms with van der Waals surface area (Å²) in [6.07, 6.45) is 0.882. The molecule has 1 aromatic heterocycles. The molecule has 0 saturated heterocycles. The molecule has 35 heavy (non-hydrogen) atoms. The maximum Gasteiger partial charge on any atom is 0.291 e. The molecule has 0 radical (unpaired) electrons. The highest BCUT2D eigenvalue weighted by Gasteiger charge is 2.42. The van der Waals surface area contributed by atoms with Crippen molar-refractivity contribution in [2.75, 3.05) is 13.7 Å². The second-order valence-corrected chi connectivity index (χ2v) is 8.78. The van der Waals surface area contributed by atoms with Crippen LogP contribution in [0.4, 0.5) is 0 Å². The van der Waals surface area contributed by atoms with Crippen molar-refractivity contribution in [3.05, 3.63) is 105 Å². The number of aryl methyl sites for hydroxylation is 1. The molecule has 2 heterocycles. The lowest BCUT2D eigenvalue weighted by atomic mass is 9.97. The van der Waals surface area contributed by atoms with E-state index in [0.29, 0.717) is 35.4 Å². The average molecular weight is 470 g/mol. The summed E-state index contributed by atoms with van der Waals surface area (Å²) < 4.78 is 17.2. The van der Waals surface area contributed by atoms with Crippen LogP contribution in [0.2, 0.25) is 0 Å². The zero-order valence-electron chi connectivity index (χ0n) is 20.0. The second-order valence-electron chi connectivity index (χ2n) is 8.78. The number of fused-ring (bicyclic) bond motifs is 2. The molecule has 178 valence electrons. The van der Waals surface area contributed by atoms with Crippen molar-refractivity contribution < 1.29 is 18.7 Å². The SMILES string of the molecule is CCCOc1cccc(C2c3c(oc4ccc(C)cc4c3=O)C(=O)N2Cc2ccc(OC)cc2)c1. The van der Waals surface area contributed by atoms with Gasteiger partial charge in [0.2, 0.25) is 5.76 Å². The predicted octanol–water partition coefficient (Wildman–Crippen LogP) is 5.64. The minimum Gasteiger partial charge on any atom is -0.497 e. The number of carbonyl (C=O) groups is 1. The van der Waals surface area contributed by atoms with Crippen molar-refractivity contribution >= 4 is 16.9 Å². The van der Waals surface area contributed by atoms with E-state index in [2.05, 4.69) is 0 Å². The summed E-state index contributed by atoms with van der Waals surface area (Å²) in [5.41, 5.74) is 3.28. The van der Waals surface area contributed by atoms with Gasteiger partial charge in [0.25, 0.3) is 5.91 Å². The molecule has 5 rings (SSSR count). The first kappa shape index (κ1) is 22.7. The van der Waals surface area contributed by atoms with Crippen molar-refractivity contribution in [1.29, 1.82) is 0 Å². The number of ether oxygens (including phenoxy) is 2. The smallest absolute Gasteiger partial charge is 0.291 e. The molecule has 0 saturated carbocycles. The first-order valence-electron chi connectivity index (χ1n) is 11.7. The van der Waals surface area contributed by atoms with Crippen molar-refractivity contribution in [3.63, 3.8) is 0 Å². The van der Waals surface area contributed by atoms with Gasteiger partial charge in [-0.15, -0.1) is 0 Å². The molecule has 3 aromatic carbocycles. The number of hydrogen-bond acceptors (Lipinski definition) is 5. The minimum absolute atomic E-state index is 0.102. The molecule has 1 unspecified atom stereocenters. The lowest BCUT2D eigenvalue weighted by Gasteiger charge is -2.25. The molecule has 0 bridgehead atoms. The summed E-state index contributed by atoms with van der Waals surface area (Å²) >= 11 is 0. The summed E-state index contributed by atoms with van der Waals surface area (Å²) in [5.74, 6) is 1.24. The Hall–Kier alpha value is -4.06. The molecule has 0 spiro atoms. The van der Waals surface area contributed by atoms with E-state index in [1.54, 1.807) is 18.1 Å². The standard InChI is InChI=1S/C29H27NO5/c1-4-14-34-22-7-5-6-20(16-22)26-25-27(31)23-15-18(2)8-13-24(23)35-28(25)29(32)30(26)17-19-9-11-21(33-3)12-10-19/h5-13,15-16,26H,4,14,17H2,1-3H3. The van der Waals surface area contributed by atoms with E-state index in [1.165, 1.54) is 0 Å². The number of amides is 1. The predicted molar refractivity (Wildman–Crippen MR) is 134 cm³/mol. The van der Waals surface area contributed by atoms with E-state index >= 15 is 0 Å². The fourth-order valence-corrected chi connectivity index (χ4v) is 4.57. The van der Waals surface area contributed by atoms with E-state index in [4.69, 9.17) is 13.9 Å². The largest absolute Gasteiger partial charge is 0.497 e. The number of benzene rings is 3. The van der Waals surface area contributed by atoms with Gasteiger partial charge in [-0.05, 0) is 60.9 Å². The van der Waals surface area contributed by atoms with Gasteiger partial charge in [0.05, 0.1) is 30.7 Å². The highest BCUT2D eigenvalue weighted by Crippen LogP contribution is 2.40. The highest BCUT2D eigenvalue weighted by molar-refractivity contribution is 5.99. The fraction of sp³-hybridized carbons (Fsp3) is 0.241. The van der Waals surface area contributed by atoms with Crippen LogP contribution in [0, 0.1) is 6.92 Å². The zero-order valence-corrected chi connectivity index (χ0v) is 20.0. The van der Waals surface area contributed by atoms with Crippen molar-refractivity contribution in [3.8, 4) is 11.5 Å². The third-order valence-electron chi connectivity index (χ3n) is 6.28. The Morgan fingerprint density at radius 3 is 2.51 bits per heavy atom. The van der Waals surface area contributed by atoms with Crippen molar-refractivity contribution in [2.24, 2.45) is 0 Å². The second kappa shape index (κ2) is 9.29. The normalized spacial score (nSPS) is 14.9. The van der Waals surface area contributed by atoms with Crippen LogP contribution in [0.15, 0.2) is 75.9 Å². The summed E-state index contributed by atoms with van der Waals surface area (Å²) in [7, 11) is 1.61. The first-order chi connectivity index (χ1) is 17.0. The maximum atomic E-state index is 13.8. The molecule has 0 fully saturated rings. The zero-order chi connectivity index (χ0) is 24.5. The van der Waals surface area contributed by atoms with E-state index < -0.39 is 6.04 Å². The van der Waals surface area contributed by atoms with Gasteiger partial charge in [0, 0.05) is 6.54 Å². The molecule has 6 nitrogen and oxygen atoms in total. The van der Waals surface area contributed by atoms with Gasteiger partial charge in [-0.25, -0.2) is 0 Å². The Labute approximate surface area is 203 Å². The summed E-state index contributed by atoms with van der Waals surface area (Å²) in [5, 5.41) is 0.478. The van der Waals surface area contributed by atoms with Crippen LogP contribution in [0.5, 0.6) is 11.5 Å². The first-order valence-corrected chi connectivity index (χ1v) is 11.7. The van der Waals surface area contributed by atoms with Gasteiger partial charge in [0.1, 0.15) is 17.1 Å². The molecule has 1 aliphatic heterocycles. The van der Waals surface area contributed by atoms with Gasteiger partial charge in [-0.3, -0.25) is 9.59 Å². The van der Waals surface area contributed by atoms with E-state index in [1.807, 2.05) is 74.5 Å². The van der Waals surface area contributed by atoms with Crippen LogP contribution in [0.1, 0.15) is 52.2 Å². The van der Waals surface area contributed by atoms with Gasteiger partial charge < -0.3 is 18.8 Å². The Kier molecular flexibility index (Phi) is 6.03. The van der Waals surface area contributed by atoms with Crippen LogP contribution < -0.4 is 14.9 Å². The Morgan fingerprint density at radius 2 is 1.77 bits per heavy atom. The third kappa shape index (κ3) is 4.16. The summed E-state index contributed by atoms with van der Waals surface area (Å²) in [6.45, 7) is 4.88. The molecule has 1 aliphatic rings. The molecule has 0 aliphatic carbocycles. The molecule has 4 aromatic rings. The number of carbonyl (C=O) groups excluding carboxylic acids is 1. The molecule has 1 amide bonds. The molecular weight excluding hydrogens is 442 g/mol. The van der Waals surface area contributed by atoms with E-state index in [0.717, 1.165) is 28.9 Å². The Bertz CT molecular complexity index is 1450. The van der Waals surface area contributed by atoms with Gasteiger partial charge >= 0.3 is 0 Å². The topological polar surface area (TPSA) is 69.0 Å². The van der Waals surface area contributed by atoms with Crippen LogP contribution in [-0.4, -0.2) is 24.5 Å². The Morgan fingerprint density at radius 1 is 0.971 bits per heavy atom. The number of hydrogen-bond donors (Lipinski definition) is 0. The van der Waals surface area contributed by atoms with Gasteiger partial charge in [0.15, 0.2) is 5.43 Å². The fourth-order valence-electron chi connectivity index (χ4n) is 4.57. The number of methoxy groups -OCH3 is 1. The quantitative estimate of drug-likeness (QED) is 0.350. The summed E-state index contributed by atoms with van der Waals surface area (Å²) in [6, 6.07) is 20.0.